The van der Waals surface area contributed by atoms with Crippen molar-refractivity contribution in [2.75, 3.05) is 25.6 Å². The Morgan fingerprint density at radius 3 is 2.69 bits per heavy atom. The molecule has 1 aromatic rings. The Morgan fingerprint density at radius 2 is 2.00 bits per heavy atom. The quantitative estimate of drug-likeness (QED) is 0.757. The van der Waals surface area contributed by atoms with Gasteiger partial charge in [0.15, 0.2) is 5.82 Å². The molecule has 0 aliphatic rings. The topological polar surface area (TPSA) is 21.3 Å². The van der Waals surface area contributed by atoms with Gasteiger partial charge in [-0.3, -0.25) is 0 Å². The van der Waals surface area contributed by atoms with Crippen LogP contribution in [-0.4, -0.2) is 20.3 Å². The molecule has 0 amide bonds. The summed E-state index contributed by atoms with van der Waals surface area (Å²) in [4.78, 5) is 0. The minimum atomic E-state index is -0.546. The van der Waals surface area contributed by atoms with Crippen molar-refractivity contribution in [3.63, 3.8) is 0 Å². The molecule has 0 radical (unpaired) electrons. The Morgan fingerprint density at radius 1 is 1.25 bits per heavy atom. The maximum atomic E-state index is 13.5. The highest BCUT2D eigenvalue weighted by atomic mass is 19.1. The predicted molar refractivity (Wildman–Crippen MR) is 60.7 cm³/mol. The molecule has 1 N–H and O–H groups in total. The van der Waals surface area contributed by atoms with E-state index in [1.54, 1.807) is 14.0 Å². The number of unbranched alkanes of at least 4 members (excludes halogenated alkanes) is 1. The zero-order chi connectivity index (χ0) is 12.0. The number of methoxy groups -OCH3 is 1. The molecule has 0 saturated heterocycles. The molecule has 1 rings (SSSR count). The molecular formula is C12H17F2NO. The second-order valence-corrected chi connectivity index (χ2v) is 3.68. The first kappa shape index (κ1) is 12.9. The largest absolute Gasteiger partial charge is 0.385 e. The van der Waals surface area contributed by atoms with E-state index in [0.29, 0.717) is 18.7 Å². The summed E-state index contributed by atoms with van der Waals surface area (Å²) >= 11 is 0. The van der Waals surface area contributed by atoms with Crippen LogP contribution < -0.4 is 5.32 Å². The number of nitrogens with one attached hydrogen (secondary N) is 1. The van der Waals surface area contributed by atoms with E-state index in [1.165, 1.54) is 12.1 Å². The lowest BCUT2D eigenvalue weighted by molar-refractivity contribution is 0.193. The van der Waals surface area contributed by atoms with Gasteiger partial charge in [0.1, 0.15) is 11.5 Å². The van der Waals surface area contributed by atoms with E-state index in [4.69, 9.17) is 4.74 Å². The van der Waals surface area contributed by atoms with Gasteiger partial charge in [-0.15, -0.1) is 0 Å². The fourth-order valence-corrected chi connectivity index (χ4v) is 1.40. The third kappa shape index (κ3) is 3.45. The van der Waals surface area contributed by atoms with Crippen LogP contribution in [0.15, 0.2) is 12.1 Å². The molecule has 0 bridgehead atoms. The number of ether oxygens (including phenoxy) is 1. The molecule has 0 spiro atoms. The van der Waals surface area contributed by atoms with E-state index in [-0.39, 0.29) is 5.69 Å². The van der Waals surface area contributed by atoms with Gasteiger partial charge in [-0.2, -0.15) is 0 Å². The summed E-state index contributed by atoms with van der Waals surface area (Å²) in [6.45, 7) is 2.83. The van der Waals surface area contributed by atoms with Crippen LogP contribution in [0.2, 0.25) is 0 Å². The van der Waals surface area contributed by atoms with Crippen LogP contribution in [0.1, 0.15) is 18.4 Å². The van der Waals surface area contributed by atoms with E-state index in [9.17, 15) is 8.78 Å². The van der Waals surface area contributed by atoms with Gasteiger partial charge in [-0.25, -0.2) is 8.78 Å². The number of halogens is 2. The second-order valence-electron chi connectivity index (χ2n) is 3.68. The van der Waals surface area contributed by atoms with Crippen molar-refractivity contribution >= 4 is 5.69 Å². The molecule has 0 aromatic heterocycles. The number of hydrogen-bond acceptors (Lipinski definition) is 2. The number of benzene rings is 1. The summed E-state index contributed by atoms with van der Waals surface area (Å²) in [6, 6.07) is 2.71. The van der Waals surface area contributed by atoms with E-state index in [2.05, 4.69) is 5.32 Å². The number of aryl methyl sites for hydroxylation is 1. The lowest BCUT2D eigenvalue weighted by Gasteiger charge is -2.09. The van der Waals surface area contributed by atoms with Gasteiger partial charge in [-0.05, 0) is 31.4 Å². The van der Waals surface area contributed by atoms with Gasteiger partial charge < -0.3 is 10.1 Å². The van der Waals surface area contributed by atoms with Crippen LogP contribution in [0.4, 0.5) is 14.5 Å². The molecule has 0 unspecified atom stereocenters. The summed E-state index contributed by atoms with van der Waals surface area (Å²) in [6.07, 6.45) is 1.69. The Kier molecular flexibility index (Phi) is 5.19. The second kappa shape index (κ2) is 6.43. The summed E-state index contributed by atoms with van der Waals surface area (Å²) < 4.78 is 31.7. The van der Waals surface area contributed by atoms with Crippen LogP contribution in [-0.2, 0) is 4.74 Å². The van der Waals surface area contributed by atoms with Crippen molar-refractivity contribution in [2.24, 2.45) is 0 Å². The zero-order valence-corrected chi connectivity index (χ0v) is 9.65. The smallest absolute Gasteiger partial charge is 0.152 e. The van der Waals surface area contributed by atoms with Crippen molar-refractivity contribution in [3.8, 4) is 0 Å². The molecule has 1 aromatic carbocycles. The highest BCUT2D eigenvalue weighted by molar-refractivity contribution is 5.48. The first-order valence-electron chi connectivity index (χ1n) is 5.34. The lowest BCUT2D eigenvalue weighted by Crippen LogP contribution is -2.07. The fraction of sp³-hybridized carbons (Fsp3) is 0.500. The standard InChI is InChI=1S/C12H17F2NO/c1-9-5-6-10(13)12(11(9)14)15-7-3-4-8-16-2/h5-6,15H,3-4,7-8H2,1-2H3. The van der Waals surface area contributed by atoms with Gasteiger partial charge >= 0.3 is 0 Å². The number of rotatable bonds is 6. The van der Waals surface area contributed by atoms with Crippen molar-refractivity contribution in [1.82, 2.24) is 0 Å². The molecule has 0 atom stereocenters. The van der Waals surface area contributed by atoms with Gasteiger partial charge in [0.2, 0.25) is 0 Å². The molecule has 2 nitrogen and oxygen atoms in total. The molecule has 4 heteroatoms. The highest BCUT2D eigenvalue weighted by Crippen LogP contribution is 2.21. The summed E-state index contributed by atoms with van der Waals surface area (Å²) in [5, 5.41) is 2.78. The zero-order valence-electron chi connectivity index (χ0n) is 9.65. The Balaban J connectivity index is 2.50. The molecule has 90 valence electrons. The van der Waals surface area contributed by atoms with Gasteiger partial charge in [0, 0.05) is 20.3 Å². The van der Waals surface area contributed by atoms with Crippen LogP contribution in [0.5, 0.6) is 0 Å². The molecule has 0 heterocycles. The maximum absolute atomic E-state index is 13.5. The van der Waals surface area contributed by atoms with Crippen molar-refractivity contribution in [2.45, 2.75) is 19.8 Å². The van der Waals surface area contributed by atoms with Gasteiger partial charge in [0.25, 0.3) is 0 Å². The lowest BCUT2D eigenvalue weighted by atomic mass is 10.2. The Bertz CT molecular complexity index is 342. The minimum absolute atomic E-state index is 0.0302. The monoisotopic (exact) mass is 229 g/mol. The summed E-state index contributed by atoms with van der Waals surface area (Å²) in [5.41, 5.74) is 0.415. The number of anilines is 1. The first-order valence-corrected chi connectivity index (χ1v) is 5.34. The van der Waals surface area contributed by atoms with Gasteiger partial charge in [0.05, 0.1) is 0 Å². The minimum Gasteiger partial charge on any atom is -0.385 e. The van der Waals surface area contributed by atoms with Crippen LogP contribution in [0, 0.1) is 18.6 Å². The molecule has 0 aliphatic carbocycles. The van der Waals surface area contributed by atoms with Crippen molar-refractivity contribution in [1.29, 1.82) is 0 Å². The highest BCUT2D eigenvalue weighted by Gasteiger charge is 2.10. The third-order valence-corrected chi connectivity index (χ3v) is 2.36. The molecule has 0 fully saturated rings. The van der Waals surface area contributed by atoms with E-state index in [1.807, 2.05) is 0 Å². The number of hydrogen-bond donors (Lipinski definition) is 1. The maximum Gasteiger partial charge on any atom is 0.152 e. The fourth-order valence-electron chi connectivity index (χ4n) is 1.40. The normalized spacial score (nSPS) is 10.5. The first-order chi connectivity index (χ1) is 7.66. The van der Waals surface area contributed by atoms with E-state index in [0.717, 1.165) is 12.8 Å². The summed E-state index contributed by atoms with van der Waals surface area (Å²) in [5.74, 6) is -1.05. The average molecular weight is 229 g/mol. The van der Waals surface area contributed by atoms with Crippen molar-refractivity contribution < 1.29 is 13.5 Å². The average Bonchev–Trinajstić information content (AvgIpc) is 2.28. The third-order valence-electron chi connectivity index (χ3n) is 2.36. The molecule has 0 aliphatic heterocycles. The molecule has 0 saturated carbocycles. The Labute approximate surface area is 94.6 Å². The van der Waals surface area contributed by atoms with Crippen LogP contribution in [0.3, 0.4) is 0 Å². The van der Waals surface area contributed by atoms with Crippen LogP contribution >= 0.6 is 0 Å². The molecular weight excluding hydrogens is 212 g/mol. The predicted octanol–water partition coefficient (Wildman–Crippen LogP) is 3.11. The van der Waals surface area contributed by atoms with E-state index < -0.39 is 11.6 Å². The Hall–Kier alpha value is -1.16. The van der Waals surface area contributed by atoms with Crippen molar-refractivity contribution in [3.05, 3.63) is 29.3 Å². The molecule has 16 heavy (non-hydrogen) atoms. The SMILES string of the molecule is COCCCCNc1c(F)ccc(C)c1F. The van der Waals surface area contributed by atoms with Gasteiger partial charge in [-0.1, -0.05) is 6.07 Å². The van der Waals surface area contributed by atoms with Crippen LogP contribution in [0.25, 0.3) is 0 Å². The summed E-state index contributed by atoms with van der Waals surface area (Å²) in [7, 11) is 1.63. The van der Waals surface area contributed by atoms with E-state index >= 15 is 0 Å².